The maximum Gasteiger partial charge on any atom is 0.282 e. The van der Waals surface area contributed by atoms with E-state index in [9.17, 15) is 31.1 Å². The van der Waals surface area contributed by atoms with Crippen LogP contribution < -0.4 is 5.32 Å². The summed E-state index contributed by atoms with van der Waals surface area (Å²) in [5.41, 5.74) is -0.420. The van der Waals surface area contributed by atoms with E-state index >= 15 is 0 Å². The van der Waals surface area contributed by atoms with E-state index < -0.39 is 53.4 Å². The van der Waals surface area contributed by atoms with Crippen LogP contribution in [0.3, 0.4) is 0 Å². The molecule has 0 unspecified atom stereocenters. The number of benzene rings is 1. The van der Waals surface area contributed by atoms with Crippen LogP contribution in [0.1, 0.15) is 42.1 Å². The molecule has 0 atom stereocenters. The third-order valence-electron chi connectivity index (χ3n) is 4.79. The predicted molar refractivity (Wildman–Crippen MR) is 95.4 cm³/mol. The van der Waals surface area contributed by atoms with Crippen molar-refractivity contribution in [1.29, 1.82) is 0 Å². The van der Waals surface area contributed by atoms with Crippen LogP contribution in [0.5, 0.6) is 0 Å². The minimum Gasteiger partial charge on any atom is -0.322 e. The minimum atomic E-state index is -2.75. The van der Waals surface area contributed by atoms with Gasteiger partial charge < -0.3 is 5.32 Å². The number of nitrogens with zero attached hydrogens (tertiary/aromatic N) is 4. The lowest BCUT2D eigenvalue weighted by Crippen LogP contribution is -2.20. The molecule has 1 fully saturated rings. The van der Waals surface area contributed by atoms with Gasteiger partial charge in [0, 0.05) is 29.4 Å². The quantitative estimate of drug-likeness (QED) is 0.339. The average molecular weight is 443 g/mol. The Hall–Kier alpha value is -3.31. The number of hydrogen-bond acceptors (Lipinski definition) is 3. The summed E-state index contributed by atoms with van der Waals surface area (Å²) in [6, 6.07) is 1.52. The van der Waals surface area contributed by atoms with E-state index in [1.807, 2.05) is 0 Å². The maximum atomic E-state index is 13.8. The van der Waals surface area contributed by atoms with Crippen LogP contribution in [0, 0.1) is 23.3 Å². The van der Waals surface area contributed by atoms with E-state index in [1.54, 1.807) is 0 Å². The van der Waals surface area contributed by atoms with Crippen molar-refractivity contribution in [2.24, 2.45) is 0 Å². The van der Waals surface area contributed by atoms with Gasteiger partial charge in [-0.3, -0.25) is 14.2 Å². The van der Waals surface area contributed by atoms with Gasteiger partial charge in [-0.05, 0) is 18.9 Å². The molecule has 3 aromatic rings. The van der Waals surface area contributed by atoms with Crippen molar-refractivity contribution in [3.63, 3.8) is 0 Å². The molecule has 6 nitrogen and oxygen atoms in total. The molecule has 2 aromatic heterocycles. The van der Waals surface area contributed by atoms with Gasteiger partial charge in [-0.25, -0.2) is 26.3 Å². The highest BCUT2D eigenvalue weighted by atomic mass is 19.3. The van der Waals surface area contributed by atoms with Crippen molar-refractivity contribution >= 4 is 11.6 Å². The van der Waals surface area contributed by atoms with Crippen LogP contribution in [-0.4, -0.2) is 25.5 Å². The SMILES string of the molecule is O=C(Cn1nc(C(F)F)cc1C1CC1)Nc1cnn(Cc2c(F)cc(F)c(F)c2F)c1. The Morgan fingerprint density at radius 1 is 1.13 bits per heavy atom. The summed E-state index contributed by atoms with van der Waals surface area (Å²) in [5.74, 6) is -6.87. The van der Waals surface area contributed by atoms with E-state index in [1.165, 1.54) is 23.1 Å². The molecule has 1 aromatic carbocycles. The van der Waals surface area contributed by atoms with Gasteiger partial charge in [-0.1, -0.05) is 0 Å². The summed E-state index contributed by atoms with van der Waals surface area (Å²) >= 11 is 0. The number of nitrogens with one attached hydrogen (secondary N) is 1. The molecular formula is C19H15F6N5O. The largest absolute Gasteiger partial charge is 0.322 e. The van der Waals surface area contributed by atoms with E-state index in [2.05, 4.69) is 15.5 Å². The topological polar surface area (TPSA) is 64.7 Å². The lowest BCUT2D eigenvalue weighted by molar-refractivity contribution is -0.117. The summed E-state index contributed by atoms with van der Waals surface area (Å²) in [4.78, 5) is 12.3. The summed E-state index contributed by atoms with van der Waals surface area (Å²) < 4.78 is 82.1. The van der Waals surface area contributed by atoms with Gasteiger partial charge in [0.05, 0.1) is 18.4 Å². The lowest BCUT2D eigenvalue weighted by atomic mass is 10.2. The molecule has 31 heavy (non-hydrogen) atoms. The molecule has 1 aliphatic carbocycles. The van der Waals surface area contributed by atoms with Gasteiger partial charge in [-0.15, -0.1) is 0 Å². The summed E-state index contributed by atoms with van der Waals surface area (Å²) in [6.07, 6.45) is 1.33. The zero-order chi connectivity index (χ0) is 22.3. The number of hydrogen-bond donors (Lipinski definition) is 1. The first-order valence-corrected chi connectivity index (χ1v) is 9.23. The Kier molecular flexibility index (Phi) is 5.46. The Morgan fingerprint density at radius 2 is 1.87 bits per heavy atom. The smallest absolute Gasteiger partial charge is 0.282 e. The Balaban J connectivity index is 1.44. The van der Waals surface area contributed by atoms with Crippen LogP contribution in [-0.2, 0) is 17.9 Å². The number of alkyl halides is 2. The van der Waals surface area contributed by atoms with Gasteiger partial charge in [0.2, 0.25) is 5.91 Å². The number of halogens is 6. The van der Waals surface area contributed by atoms with Gasteiger partial charge in [0.15, 0.2) is 17.5 Å². The Morgan fingerprint density at radius 3 is 2.55 bits per heavy atom. The standard InChI is InChI=1S/C19H15F6N5O/c20-12-3-13(21)18(23)17(22)11(12)7-29-6-10(5-26-29)27-16(31)8-30-15(9-1-2-9)4-14(28-30)19(24)25/h3-6,9,19H,1-2,7-8H2,(H,27,31). The fourth-order valence-electron chi connectivity index (χ4n) is 3.15. The summed E-state index contributed by atoms with van der Waals surface area (Å²) in [5, 5.41) is 10.1. The first-order chi connectivity index (χ1) is 14.7. The van der Waals surface area contributed by atoms with Crippen molar-refractivity contribution in [2.45, 2.75) is 38.3 Å². The molecule has 4 rings (SSSR count). The highest BCUT2D eigenvalue weighted by Gasteiger charge is 2.30. The first kappa shape index (κ1) is 20.9. The van der Waals surface area contributed by atoms with Gasteiger partial charge in [0.1, 0.15) is 18.1 Å². The van der Waals surface area contributed by atoms with Crippen molar-refractivity contribution in [3.05, 3.63) is 64.7 Å². The fourth-order valence-corrected chi connectivity index (χ4v) is 3.15. The predicted octanol–water partition coefficient (Wildman–Crippen LogP) is 4.14. The highest BCUT2D eigenvalue weighted by molar-refractivity contribution is 5.90. The number of carbonyl (C=O) groups is 1. The number of amides is 1. The molecule has 0 bridgehead atoms. The molecule has 0 saturated heterocycles. The van der Waals surface area contributed by atoms with E-state index in [4.69, 9.17) is 0 Å². The second-order valence-corrected chi connectivity index (χ2v) is 7.15. The molecule has 1 amide bonds. The molecule has 1 aliphatic rings. The van der Waals surface area contributed by atoms with Crippen LogP contribution in [0.4, 0.5) is 32.0 Å². The Labute approximate surface area is 171 Å². The van der Waals surface area contributed by atoms with Crippen LogP contribution >= 0.6 is 0 Å². The Bertz CT molecular complexity index is 1140. The molecular weight excluding hydrogens is 428 g/mol. The molecule has 2 heterocycles. The summed E-state index contributed by atoms with van der Waals surface area (Å²) in [6.45, 7) is -0.858. The van der Waals surface area contributed by atoms with Crippen LogP contribution in [0.2, 0.25) is 0 Å². The fraction of sp³-hybridized carbons (Fsp3) is 0.316. The lowest BCUT2D eigenvalue weighted by Gasteiger charge is -2.07. The molecule has 12 heteroatoms. The van der Waals surface area contributed by atoms with Gasteiger partial charge in [-0.2, -0.15) is 10.2 Å². The van der Waals surface area contributed by atoms with E-state index in [0.717, 1.165) is 17.5 Å². The molecule has 0 radical (unpaired) electrons. The zero-order valence-corrected chi connectivity index (χ0v) is 15.8. The highest BCUT2D eigenvalue weighted by Crippen LogP contribution is 2.41. The number of anilines is 1. The van der Waals surface area contributed by atoms with Crippen molar-refractivity contribution < 1.29 is 31.1 Å². The second kappa shape index (κ2) is 8.08. The average Bonchev–Trinajstić information content (AvgIpc) is 3.32. The third kappa shape index (κ3) is 4.42. The molecule has 0 aliphatic heterocycles. The van der Waals surface area contributed by atoms with E-state index in [-0.39, 0.29) is 24.2 Å². The van der Waals surface area contributed by atoms with Gasteiger partial charge in [0.25, 0.3) is 6.43 Å². The second-order valence-electron chi connectivity index (χ2n) is 7.15. The molecule has 1 N–H and O–H groups in total. The number of carbonyl (C=O) groups excluding carboxylic acids is 1. The first-order valence-electron chi connectivity index (χ1n) is 9.23. The maximum absolute atomic E-state index is 13.8. The molecule has 1 saturated carbocycles. The summed E-state index contributed by atoms with van der Waals surface area (Å²) in [7, 11) is 0. The molecule has 0 spiro atoms. The zero-order valence-electron chi connectivity index (χ0n) is 15.8. The van der Waals surface area contributed by atoms with Crippen LogP contribution in [0.25, 0.3) is 0 Å². The minimum absolute atomic E-state index is 0.0939. The van der Waals surface area contributed by atoms with Crippen molar-refractivity contribution in [1.82, 2.24) is 19.6 Å². The normalized spacial score (nSPS) is 13.8. The van der Waals surface area contributed by atoms with E-state index in [0.29, 0.717) is 5.69 Å². The third-order valence-corrected chi connectivity index (χ3v) is 4.79. The number of aromatic nitrogens is 4. The van der Waals surface area contributed by atoms with Gasteiger partial charge >= 0.3 is 0 Å². The number of rotatable bonds is 7. The molecule has 164 valence electrons. The monoisotopic (exact) mass is 443 g/mol. The van der Waals surface area contributed by atoms with Crippen LogP contribution in [0.15, 0.2) is 24.5 Å². The van der Waals surface area contributed by atoms with Crippen molar-refractivity contribution in [2.75, 3.05) is 5.32 Å². The van der Waals surface area contributed by atoms with Crippen molar-refractivity contribution in [3.8, 4) is 0 Å².